The fourth-order valence-corrected chi connectivity index (χ4v) is 2.31. The summed E-state index contributed by atoms with van der Waals surface area (Å²) in [6.07, 6.45) is 8.77. The molecule has 18 heavy (non-hydrogen) atoms. The highest BCUT2D eigenvalue weighted by Gasteiger charge is 2.18. The quantitative estimate of drug-likeness (QED) is 0.817. The summed E-state index contributed by atoms with van der Waals surface area (Å²) in [6, 6.07) is 0. The van der Waals surface area contributed by atoms with Gasteiger partial charge < -0.3 is 9.52 Å². The first-order valence-electron chi connectivity index (χ1n) is 6.80. The molecular formula is C16H24O2. The molecule has 0 aliphatic carbocycles. The third-order valence-electron chi connectivity index (χ3n) is 3.05. The van der Waals surface area contributed by atoms with Gasteiger partial charge >= 0.3 is 0 Å². The maximum Gasteiger partial charge on any atom is 0.134 e. The minimum absolute atomic E-state index is 0.0636. The average Bonchev–Trinajstić information content (AvgIpc) is 2.74. The second kappa shape index (κ2) is 7.22. The molecule has 0 bridgehead atoms. The highest BCUT2D eigenvalue weighted by atomic mass is 16.3. The highest BCUT2D eigenvalue weighted by molar-refractivity contribution is 5.76. The van der Waals surface area contributed by atoms with Crippen LogP contribution in [0.3, 0.4) is 0 Å². The van der Waals surface area contributed by atoms with Crippen LogP contribution in [-0.2, 0) is 12.8 Å². The summed E-state index contributed by atoms with van der Waals surface area (Å²) in [5.41, 5.74) is 3.31. The standard InChI is InChI=1S/C16H24O2/c1-5-9-12(11-17)16-13(7-3)14(8-4)18-15(16)10-6-2/h6,9-10,17H,5,7-8,11H2,1-4H3/b10-6-,12-9+. The van der Waals surface area contributed by atoms with E-state index < -0.39 is 0 Å². The Hall–Kier alpha value is -1.28. The molecule has 0 saturated heterocycles. The van der Waals surface area contributed by atoms with Crippen molar-refractivity contribution in [3.05, 3.63) is 34.8 Å². The molecule has 1 aromatic rings. The zero-order valence-electron chi connectivity index (χ0n) is 11.9. The van der Waals surface area contributed by atoms with Gasteiger partial charge in [-0.2, -0.15) is 0 Å². The van der Waals surface area contributed by atoms with Gasteiger partial charge in [-0.15, -0.1) is 0 Å². The fraction of sp³-hybridized carbons (Fsp3) is 0.500. The van der Waals surface area contributed by atoms with Gasteiger partial charge in [-0.1, -0.05) is 32.9 Å². The average molecular weight is 248 g/mol. The lowest BCUT2D eigenvalue weighted by atomic mass is 9.97. The van der Waals surface area contributed by atoms with Crippen LogP contribution in [-0.4, -0.2) is 11.7 Å². The highest BCUT2D eigenvalue weighted by Crippen LogP contribution is 2.31. The van der Waals surface area contributed by atoms with Crippen LogP contribution in [0, 0.1) is 0 Å². The van der Waals surface area contributed by atoms with Gasteiger partial charge in [0, 0.05) is 17.5 Å². The van der Waals surface area contributed by atoms with E-state index in [0.29, 0.717) is 0 Å². The molecule has 0 aliphatic rings. The predicted molar refractivity (Wildman–Crippen MR) is 77.5 cm³/mol. The number of hydrogen-bond acceptors (Lipinski definition) is 2. The number of aliphatic hydroxyl groups is 1. The van der Waals surface area contributed by atoms with E-state index >= 15 is 0 Å². The molecule has 0 atom stereocenters. The lowest BCUT2D eigenvalue weighted by Crippen LogP contribution is -1.96. The van der Waals surface area contributed by atoms with Crippen LogP contribution in [0.15, 0.2) is 16.6 Å². The third-order valence-corrected chi connectivity index (χ3v) is 3.05. The lowest BCUT2D eigenvalue weighted by Gasteiger charge is -2.06. The Balaban J connectivity index is 3.45. The first kappa shape index (κ1) is 14.8. The molecule has 0 radical (unpaired) electrons. The maximum atomic E-state index is 9.57. The van der Waals surface area contributed by atoms with Gasteiger partial charge in [0.25, 0.3) is 0 Å². The van der Waals surface area contributed by atoms with Crippen molar-refractivity contribution in [1.82, 2.24) is 0 Å². The van der Waals surface area contributed by atoms with Crippen molar-refractivity contribution in [3.63, 3.8) is 0 Å². The summed E-state index contributed by atoms with van der Waals surface area (Å²) in [5.74, 6) is 1.91. The second-order valence-electron chi connectivity index (χ2n) is 4.25. The molecule has 2 nitrogen and oxygen atoms in total. The Kier molecular flexibility index (Phi) is 5.93. The molecule has 0 aliphatic heterocycles. The van der Waals surface area contributed by atoms with Crippen LogP contribution in [0.5, 0.6) is 0 Å². The van der Waals surface area contributed by atoms with Crippen LogP contribution in [0.2, 0.25) is 0 Å². The zero-order valence-corrected chi connectivity index (χ0v) is 11.9. The summed E-state index contributed by atoms with van der Waals surface area (Å²) in [5, 5.41) is 9.57. The van der Waals surface area contributed by atoms with E-state index in [1.54, 1.807) is 0 Å². The van der Waals surface area contributed by atoms with E-state index in [0.717, 1.165) is 41.9 Å². The number of hydrogen-bond donors (Lipinski definition) is 1. The van der Waals surface area contributed by atoms with Crippen LogP contribution >= 0.6 is 0 Å². The summed E-state index contributed by atoms with van der Waals surface area (Å²) in [7, 11) is 0. The van der Waals surface area contributed by atoms with Gasteiger partial charge in [0.2, 0.25) is 0 Å². The summed E-state index contributed by atoms with van der Waals surface area (Å²) in [6.45, 7) is 8.36. The number of aliphatic hydroxyl groups excluding tert-OH is 1. The van der Waals surface area contributed by atoms with Gasteiger partial charge in [-0.3, -0.25) is 0 Å². The molecule has 0 fully saturated rings. The summed E-state index contributed by atoms with van der Waals surface area (Å²) < 4.78 is 5.92. The maximum absolute atomic E-state index is 9.57. The molecule has 0 amide bonds. The molecule has 0 saturated carbocycles. The van der Waals surface area contributed by atoms with Crippen molar-refractivity contribution in [1.29, 1.82) is 0 Å². The van der Waals surface area contributed by atoms with Crippen LogP contribution in [0.4, 0.5) is 0 Å². The van der Waals surface area contributed by atoms with Crippen molar-refractivity contribution in [2.75, 3.05) is 6.61 Å². The molecule has 1 N–H and O–H groups in total. The first-order chi connectivity index (χ1) is 8.73. The van der Waals surface area contributed by atoms with Crippen LogP contribution in [0.25, 0.3) is 11.6 Å². The SMILES string of the molecule is C/C=C\c1oc(CC)c(CC)c1/C(=C/CC)CO. The third kappa shape index (κ3) is 2.94. The molecule has 1 aromatic heterocycles. The van der Waals surface area contributed by atoms with Crippen LogP contribution < -0.4 is 0 Å². The smallest absolute Gasteiger partial charge is 0.134 e. The van der Waals surface area contributed by atoms with Crippen molar-refractivity contribution >= 4 is 11.6 Å². The molecule has 2 heteroatoms. The van der Waals surface area contributed by atoms with Crippen molar-refractivity contribution in [2.45, 2.75) is 47.0 Å². The van der Waals surface area contributed by atoms with E-state index in [2.05, 4.69) is 26.8 Å². The van der Waals surface area contributed by atoms with Gasteiger partial charge in [0.1, 0.15) is 11.5 Å². The summed E-state index contributed by atoms with van der Waals surface area (Å²) in [4.78, 5) is 0. The van der Waals surface area contributed by atoms with E-state index in [4.69, 9.17) is 4.42 Å². The van der Waals surface area contributed by atoms with E-state index in [1.165, 1.54) is 5.56 Å². The van der Waals surface area contributed by atoms with Gasteiger partial charge in [0.15, 0.2) is 0 Å². The van der Waals surface area contributed by atoms with Crippen molar-refractivity contribution in [2.24, 2.45) is 0 Å². The minimum atomic E-state index is 0.0636. The molecular weight excluding hydrogens is 224 g/mol. The zero-order chi connectivity index (χ0) is 13.5. The Morgan fingerprint density at radius 3 is 2.39 bits per heavy atom. The Labute approximate surface area is 110 Å². The minimum Gasteiger partial charge on any atom is -0.461 e. The fourth-order valence-electron chi connectivity index (χ4n) is 2.31. The summed E-state index contributed by atoms with van der Waals surface area (Å²) >= 11 is 0. The van der Waals surface area contributed by atoms with Crippen molar-refractivity contribution in [3.8, 4) is 0 Å². The molecule has 1 heterocycles. The molecule has 100 valence electrons. The van der Waals surface area contributed by atoms with Gasteiger partial charge in [-0.05, 0) is 31.4 Å². The normalized spacial score (nSPS) is 12.6. The topological polar surface area (TPSA) is 33.4 Å². The first-order valence-corrected chi connectivity index (χ1v) is 6.80. The van der Waals surface area contributed by atoms with E-state index in [1.807, 2.05) is 19.1 Å². The lowest BCUT2D eigenvalue weighted by molar-refractivity contribution is 0.349. The number of rotatable bonds is 6. The molecule has 1 rings (SSSR count). The Bertz CT molecular complexity index is 436. The Morgan fingerprint density at radius 1 is 1.22 bits per heavy atom. The van der Waals surface area contributed by atoms with Gasteiger partial charge in [-0.25, -0.2) is 0 Å². The van der Waals surface area contributed by atoms with E-state index in [9.17, 15) is 5.11 Å². The number of allylic oxidation sites excluding steroid dienone is 2. The second-order valence-corrected chi connectivity index (χ2v) is 4.25. The number of furan rings is 1. The van der Waals surface area contributed by atoms with Crippen molar-refractivity contribution < 1.29 is 9.52 Å². The molecule has 0 unspecified atom stereocenters. The Morgan fingerprint density at radius 2 is 1.94 bits per heavy atom. The van der Waals surface area contributed by atoms with Crippen LogP contribution in [0.1, 0.15) is 56.8 Å². The molecule has 0 aromatic carbocycles. The molecule has 0 spiro atoms. The predicted octanol–water partition coefficient (Wildman–Crippen LogP) is 4.22. The van der Waals surface area contributed by atoms with E-state index in [-0.39, 0.29) is 6.61 Å². The monoisotopic (exact) mass is 248 g/mol. The van der Waals surface area contributed by atoms with Gasteiger partial charge in [0.05, 0.1) is 6.61 Å². The number of aryl methyl sites for hydroxylation is 1. The largest absolute Gasteiger partial charge is 0.461 e.